The molecule has 2 heterocycles. The van der Waals surface area contributed by atoms with Gasteiger partial charge in [-0.05, 0) is 37.1 Å². The number of esters is 1. The minimum absolute atomic E-state index is 0.0111. The minimum Gasteiger partial charge on any atom is -0.465 e. The summed E-state index contributed by atoms with van der Waals surface area (Å²) in [5, 5.41) is 3.33. The Morgan fingerprint density at radius 3 is 2.35 bits per heavy atom. The predicted octanol–water partition coefficient (Wildman–Crippen LogP) is 2.62. The Labute approximate surface area is 184 Å². The molecule has 1 N–H and O–H groups in total. The standard InChI is InChI=1S/C22H26FN3O4S/c1-14-15(2)31-21(20(14)22(29)30-3)24-18(27)13-25-8-10-26(11-9-25)19(28)12-16-4-6-17(23)7-5-16/h4-7H,8-13H2,1-3H3,(H,24,27). The van der Waals surface area contributed by atoms with E-state index in [4.69, 9.17) is 4.74 Å². The number of nitrogens with one attached hydrogen (secondary N) is 1. The van der Waals surface area contributed by atoms with Gasteiger partial charge in [0.05, 0.1) is 25.6 Å². The smallest absolute Gasteiger partial charge is 0.341 e. The summed E-state index contributed by atoms with van der Waals surface area (Å²) < 4.78 is 17.8. The zero-order chi connectivity index (χ0) is 22.5. The third-order valence-corrected chi connectivity index (χ3v) is 6.51. The highest BCUT2D eigenvalue weighted by atomic mass is 32.1. The van der Waals surface area contributed by atoms with E-state index in [1.54, 1.807) is 17.0 Å². The lowest BCUT2D eigenvalue weighted by Crippen LogP contribution is -2.50. The monoisotopic (exact) mass is 447 g/mol. The number of piperazine rings is 1. The molecular weight excluding hydrogens is 421 g/mol. The fraction of sp³-hybridized carbons (Fsp3) is 0.409. The van der Waals surface area contributed by atoms with Crippen molar-refractivity contribution in [2.24, 2.45) is 0 Å². The number of carbonyl (C=O) groups is 3. The zero-order valence-corrected chi connectivity index (χ0v) is 18.7. The Balaban J connectivity index is 1.50. The molecule has 166 valence electrons. The van der Waals surface area contributed by atoms with E-state index >= 15 is 0 Å². The van der Waals surface area contributed by atoms with E-state index in [-0.39, 0.29) is 30.6 Å². The van der Waals surface area contributed by atoms with E-state index in [1.165, 1.54) is 30.6 Å². The van der Waals surface area contributed by atoms with Crippen LogP contribution in [0.5, 0.6) is 0 Å². The van der Waals surface area contributed by atoms with Gasteiger partial charge in [-0.1, -0.05) is 12.1 Å². The van der Waals surface area contributed by atoms with Crippen molar-refractivity contribution in [2.45, 2.75) is 20.3 Å². The number of rotatable bonds is 6. The summed E-state index contributed by atoms with van der Waals surface area (Å²) in [7, 11) is 1.32. The Bertz CT molecular complexity index is 966. The maximum absolute atomic E-state index is 13.0. The van der Waals surface area contributed by atoms with Crippen molar-refractivity contribution in [3.63, 3.8) is 0 Å². The summed E-state index contributed by atoms with van der Waals surface area (Å²) in [5.41, 5.74) is 1.98. The van der Waals surface area contributed by atoms with Gasteiger partial charge in [0.2, 0.25) is 11.8 Å². The van der Waals surface area contributed by atoms with E-state index in [0.717, 1.165) is 16.0 Å². The van der Waals surface area contributed by atoms with Gasteiger partial charge in [-0.2, -0.15) is 0 Å². The number of ether oxygens (including phenoxy) is 1. The lowest BCUT2D eigenvalue weighted by Gasteiger charge is -2.34. The quantitative estimate of drug-likeness (QED) is 0.689. The van der Waals surface area contributed by atoms with Crippen LogP contribution in [0.25, 0.3) is 0 Å². The number of carbonyl (C=O) groups excluding carboxylic acids is 3. The molecule has 0 unspecified atom stereocenters. The van der Waals surface area contributed by atoms with Crippen LogP contribution >= 0.6 is 11.3 Å². The first-order valence-corrected chi connectivity index (χ1v) is 10.8. The first-order valence-electron chi connectivity index (χ1n) is 10.0. The Morgan fingerprint density at radius 2 is 1.74 bits per heavy atom. The molecule has 1 saturated heterocycles. The van der Waals surface area contributed by atoms with Gasteiger partial charge in [-0.25, -0.2) is 9.18 Å². The maximum atomic E-state index is 13.0. The molecular formula is C22H26FN3O4S. The fourth-order valence-electron chi connectivity index (χ4n) is 3.48. The molecule has 31 heavy (non-hydrogen) atoms. The molecule has 7 nitrogen and oxygen atoms in total. The van der Waals surface area contributed by atoms with Crippen molar-refractivity contribution in [1.82, 2.24) is 9.80 Å². The highest BCUT2D eigenvalue weighted by Crippen LogP contribution is 2.32. The second-order valence-electron chi connectivity index (χ2n) is 7.49. The van der Waals surface area contributed by atoms with Gasteiger partial charge >= 0.3 is 5.97 Å². The third kappa shape index (κ3) is 5.68. The SMILES string of the molecule is COC(=O)c1c(NC(=O)CN2CCN(C(=O)Cc3ccc(F)cc3)CC2)sc(C)c1C. The van der Waals surface area contributed by atoms with E-state index < -0.39 is 5.97 Å². The van der Waals surface area contributed by atoms with Crippen molar-refractivity contribution in [3.05, 3.63) is 51.7 Å². The number of nitrogens with zero attached hydrogens (tertiary/aromatic N) is 2. The number of thiophene rings is 1. The predicted molar refractivity (Wildman–Crippen MR) is 117 cm³/mol. The van der Waals surface area contributed by atoms with Crippen molar-refractivity contribution >= 4 is 34.1 Å². The molecule has 1 aromatic heterocycles. The van der Waals surface area contributed by atoms with Crippen LogP contribution in [0.3, 0.4) is 0 Å². The lowest BCUT2D eigenvalue weighted by molar-refractivity contribution is -0.132. The van der Waals surface area contributed by atoms with E-state index in [1.807, 2.05) is 18.7 Å². The van der Waals surface area contributed by atoms with Crippen LogP contribution in [0.2, 0.25) is 0 Å². The van der Waals surface area contributed by atoms with Gasteiger partial charge in [-0.3, -0.25) is 14.5 Å². The van der Waals surface area contributed by atoms with E-state index in [9.17, 15) is 18.8 Å². The van der Waals surface area contributed by atoms with E-state index in [0.29, 0.717) is 36.7 Å². The number of aryl methyl sites for hydroxylation is 1. The molecule has 0 radical (unpaired) electrons. The number of hydrogen-bond acceptors (Lipinski definition) is 6. The first-order chi connectivity index (χ1) is 14.8. The molecule has 0 spiro atoms. The Morgan fingerprint density at radius 1 is 1.10 bits per heavy atom. The zero-order valence-electron chi connectivity index (χ0n) is 17.9. The Kier molecular flexibility index (Phi) is 7.40. The molecule has 0 bridgehead atoms. The van der Waals surface area contributed by atoms with Gasteiger partial charge < -0.3 is 15.0 Å². The maximum Gasteiger partial charge on any atom is 0.341 e. The van der Waals surface area contributed by atoms with Gasteiger partial charge in [0, 0.05) is 31.1 Å². The average molecular weight is 448 g/mol. The van der Waals surface area contributed by atoms with Crippen LogP contribution in [0.4, 0.5) is 9.39 Å². The molecule has 1 aliphatic rings. The fourth-order valence-corrected chi connectivity index (χ4v) is 4.54. The molecule has 2 amide bonds. The summed E-state index contributed by atoms with van der Waals surface area (Å²) in [5.74, 6) is -1.01. The summed E-state index contributed by atoms with van der Waals surface area (Å²) in [6.45, 7) is 6.11. The molecule has 0 atom stereocenters. The van der Waals surface area contributed by atoms with Crippen LogP contribution < -0.4 is 5.32 Å². The molecule has 3 rings (SSSR count). The van der Waals surface area contributed by atoms with Crippen molar-refractivity contribution in [2.75, 3.05) is 45.2 Å². The molecule has 0 aliphatic carbocycles. The third-order valence-electron chi connectivity index (χ3n) is 5.39. The number of benzene rings is 1. The molecule has 9 heteroatoms. The van der Waals surface area contributed by atoms with E-state index in [2.05, 4.69) is 5.32 Å². The molecule has 1 aromatic carbocycles. The number of hydrogen-bond donors (Lipinski definition) is 1. The van der Waals surface area contributed by atoms with Crippen LogP contribution in [0.1, 0.15) is 26.4 Å². The summed E-state index contributed by atoms with van der Waals surface area (Å²) >= 11 is 1.35. The summed E-state index contributed by atoms with van der Waals surface area (Å²) in [6.07, 6.45) is 0.230. The van der Waals surface area contributed by atoms with Crippen LogP contribution in [0.15, 0.2) is 24.3 Å². The van der Waals surface area contributed by atoms with Gasteiger partial charge in [0.25, 0.3) is 0 Å². The topological polar surface area (TPSA) is 79.0 Å². The number of amides is 2. The average Bonchev–Trinajstić information content (AvgIpc) is 3.02. The number of anilines is 1. The second kappa shape index (κ2) is 10.0. The second-order valence-corrected chi connectivity index (χ2v) is 8.71. The minimum atomic E-state index is -0.467. The number of halogens is 1. The van der Waals surface area contributed by atoms with Gasteiger partial charge in [0.15, 0.2) is 0 Å². The molecule has 0 saturated carbocycles. The summed E-state index contributed by atoms with van der Waals surface area (Å²) in [6, 6.07) is 5.93. The van der Waals surface area contributed by atoms with Crippen molar-refractivity contribution in [1.29, 1.82) is 0 Å². The van der Waals surface area contributed by atoms with Gasteiger partial charge in [0.1, 0.15) is 10.8 Å². The Hall–Kier alpha value is -2.78. The number of methoxy groups -OCH3 is 1. The van der Waals surface area contributed by atoms with Crippen LogP contribution in [-0.4, -0.2) is 67.4 Å². The normalized spacial score (nSPS) is 14.4. The van der Waals surface area contributed by atoms with Crippen molar-refractivity contribution in [3.8, 4) is 0 Å². The lowest BCUT2D eigenvalue weighted by atomic mass is 10.1. The summed E-state index contributed by atoms with van der Waals surface area (Å²) in [4.78, 5) is 41.8. The van der Waals surface area contributed by atoms with Crippen molar-refractivity contribution < 1.29 is 23.5 Å². The highest BCUT2D eigenvalue weighted by Gasteiger charge is 2.25. The van der Waals surface area contributed by atoms with Crippen LogP contribution in [-0.2, 0) is 20.7 Å². The molecule has 1 aliphatic heterocycles. The van der Waals surface area contributed by atoms with Gasteiger partial charge in [-0.15, -0.1) is 11.3 Å². The molecule has 1 fully saturated rings. The highest BCUT2D eigenvalue weighted by molar-refractivity contribution is 7.16. The van der Waals surface area contributed by atoms with Crippen LogP contribution in [0, 0.1) is 19.7 Å². The molecule has 2 aromatic rings. The first kappa shape index (κ1) is 22.9. The largest absolute Gasteiger partial charge is 0.465 e.